The lowest BCUT2D eigenvalue weighted by molar-refractivity contribution is -0.138. The molecule has 2 aromatic carbocycles. The molecule has 344 valence electrons. The number of aromatic nitrogens is 4. The van der Waals surface area contributed by atoms with Gasteiger partial charge < -0.3 is 35.1 Å². The van der Waals surface area contributed by atoms with E-state index >= 15 is 4.39 Å². The molecule has 3 fully saturated rings. The van der Waals surface area contributed by atoms with Crippen molar-refractivity contribution in [3.63, 3.8) is 0 Å². The molecule has 2 saturated heterocycles. The van der Waals surface area contributed by atoms with E-state index in [4.69, 9.17) is 9.72 Å². The van der Waals surface area contributed by atoms with Crippen LogP contribution in [0.5, 0.6) is 0 Å². The van der Waals surface area contributed by atoms with Gasteiger partial charge in [-0.1, -0.05) is 70.9 Å². The Morgan fingerprint density at radius 1 is 0.785 bits per heavy atom. The van der Waals surface area contributed by atoms with Crippen LogP contribution in [0.4, 0.5) is 13.6 Å². The highest BCUT2D eigenvalue weighted by atomic mass is 32.1. The number of methoxy groups -OCH3 is 1. The molecule has 16 heteroatoms. The normalized spacial score (nSPS) is 22.3. The van der Waals surface area contributed by atoms with E-state index in [2.05, 4.69) is 62.0 Å². The predicted octanol–water partition coefficient (Wildman–Crippen LogP) is 8.77. The number of alkyl halides is 2. The molecule has 9 rings (SSSR count). The summed E-state index contributed by atoms with van der Waals surface area (Å²) in [5.74, 6) is -0.377. The largest absolute Gasteiger partial charge is 0.453 e. The maximum Gasteiger partial charge on any atom is 0.407 e. The van der Waals surface area contributed by atoms with Gasteiger partial charge in [-0.2, -0.15) is 0 Å². The molecule has 3 aromatic heterocycles. The second-order valence-electron chi connectivity index (χ2n) is 19.4. The molecule has 0 unspecified atom stereocenters. The lowest BCUT2D eigenvalue weighted by Gasteiger charge is -2.29. The standard InChI is InChI=1S/C49H58F2N8O5S/c1-25(2)40(53-27(5)60)46(61)59-24-32(51)19-39(59)45-54-35-14-13-30(17-36(35)55-45)43-34-21-49(15-7-8-16-49)20-33(34)42(65-43)29-11-9-28(10-12-29)37-22-52-44(56-37)38-18-31(50)23-58(38)47(62)41(26(3)4)57-48(63)64-6/h9-14,17,22,25-26,31-32,38-41H,7-8,15-16,18-21,23-24H2,1-6H3,(H,52,56)(H,53,60)(H,54,55)(H,57,63)/t31-,32-,38-,39-,40-,41-/m0/s1. The highest BCUT2D eigenvalue weighted by Gasteiger charge is 2.45. The smallest absolute Gasteiger partial charge is 0.407 e. The van der Waals surface area contributed by atoms with Crippen LogP contribution in [-0.4, -0.2) is 98.2 Å². The van der Waals surface area contributed by atoms with Gasteiger partial charge >= 0.3 is 6.09 Å². The minimum absolute atomic E-state index is 0.0511. The van der Waals surface area contributed by atoms with Crippen LogP contribution in [0, 0.1) is 17.3 Å². The zero-order chi connectivity index (χ0) is 45.9. The SMILES string of the molecule is COC(=O)N[C@H](C(=O)N1C[C@@H](F)C[C@H]1c1ncc(-c2ccc(-c3sc(-c4ccc5nc([C@@H]6C[C@H](F)CN6C(=O)[C@@H](NC(C)=O)C(C)C)[nH]c5c4)c4c3CC3(CCCC3)C4)cc2)[nH]1)C(C)C. The average Bonchev–Trinajstić information content (AvgIpc) is 4.15. The number of amides is 4. The van der Waals surface area contributed by atoms with Crippen LogP contribution in [0.3, 0.4) is 0 Å². The third-order valence-corrected chi connectivity index (χ3v) is 15.5. The number of nitrogens with one attached hydrogen (secondary N) is 4. The molecule has 1 saturated carbocycles. The number of hydrogen-bond acceptors (Lipinski definition) is 8. The van der Waals surface area contributed by atoms with Gasteiger partial charge in [-0.3, -0.25) is 14.4 Å². The summed E-state index contributed by atoms with van der Waals surface area (Å²) in [5.41, 5.74) is 8.51. The number of halogens is 2. The number of H-pyrrole nitrogens is 2. The fourth-order valence-electron chi connectivity index (χ4n) is 10.8. The van der Waals surface area contributed by atoms with Gasteiger partial charge in [-0.25, -0.2) is 23.5 Å². The third kappa shape index (κ3) is 8.54. The second-order valence-corrected chi connectivity index (χ2v) is 20.4. The van der Waals surface area contributed by atoms with E-state index in [9.17, 15) is 23.6 Å². The number of ether oxygens (including phenoxy) is 1. The van der Waals surface area contributed by atoms with Crippen molar-refractivity contribution in [2.45, 2.75) is 122 Å². The monoisotopic (exact) mass is 908 g/mol. The van der Waals surface area contributed by atoms with E-state index in [1.807, 2.05) is 33.8 Å². The Bertz CT molecular complexity index is 2610. The third-order valence-electron chi connectivity index (χ3n) is 14.1. The number of hydrogen-bond donors (Lipinski definition) is 4. The molecule has 4 amide bonds. The number of alkyl carbamates (subject to hydrolysis) is 1. The van der Waals surface area contributed by atoms with Crippen molar-refractivity contribution >= 4 is 46.2 Å². The van der Waals surface area contributed by atoms with Crippen molar-refractivity contribution in [2.75, 3.05) is 20.2 Å². The first-order chi connectivity index (χ1) is 31.1. The van der Waals surface area contributed by atoms with Gasteiger partial charge in [0.1, 0.15) is 36.1 Å². The number of benzene rings is 2. The van der Waals surface area contributed by atoms with E-state index in [1.54, 1.807) is 17.5 Å². The van der Waals surface area contributed by atoms with E-state index in [0.717, 1.165) is 46.3 Å². The zero-order valence-electron chi connectivity index (χ0n) is 37.8. The van der Waals surface area contributed by atoms with Gasteiger partial charge in [0.15, 0.2) is 0 Å². The molecule has 5 aromatic rings. The quantitative estimate of drug-likeness (QED) is 0.103. The fourth-order valence-corrected chi connectivity index (χ4v) is 12.1. The van der Waals surface area contributed by atoms with Crippen LogP contribution in [0.15, 0.2) is 48.7 Å². The Hall–Kier alpha value is -5.64. The fraction of sp³-hybridized carbons (Fsp3) is 0.510. The van der Waals surface area contributed by atoms with E-state index in [0.29, 0.717) is 11.6 Å². The van der Waals surface area contributed by atoms with Crippen LogP contribution < -0.4 is 10.6 Å². The maximum atomic E-state index is 15.1. The average molecular weight is 909 g/mol. The van der Waals surface area contributed by atoms with E-state index < -0.39 is 42.6 Å². The molecule has 5 heterocycles. The molecule has 4 N–H and O–H groups in total. The summed E-state index contributed by atoms with van der Waals surface area (Å²) >= 11 is 1.80. The van der Waals surface area contributed by atoms with Crippen LogP contribution >= 0.6 is 11.3 Å². The molecule has 1 spiro atoms. The van der Waals surface area contributed by atoms with Crippen molar-refractivity contribution in [1.29, 1.82) is 0 Å². The summed E-state index contributed by atoms with van der Waals surface area (Å²) in [5, 5.41) is 5.38. The lowest BCUT2D eigenvalue weighted by Crippen LogP contribution is -2.51. The number of likely N-dealkylation sites (tertiary alicyclic amines) is 2. The van der Waals surface area contributed by atoms with Crippen molar-refractivity contribution < 1.29 is 32.7 Å². The number of imidazole rings is 2. The summed E-state index contributed by atoms with van der Waals surface area (Å²) < 4.78 is 34.8. The van der Waals surface area contributed by atoms with Crippen LogP contribution in [0.1, 0.15) is 108 Å². The van der Waals surface area contributed by atoms with Gasteiger partial charge in [0.25, 0.3) is 0 Å². The summed E-state index contributed by atoms with van der Waals surface area (Å²) in [6.07, 6.45) is 5.80. The molecule has 0 bridgehead atoms. The van der Waals surface area contributed by atoms with Gasteiger partial charge in [0.05, 0.1) is 55.2 Å². The predicted molar refractivity (Wildman–Crippen MR) is 245 cm³/mol. The number of rotatable bonds is 11. The molecular formula is C49H58F2N8O5S. The number of carbonyl (C=O) groups is 4. The lowest BCUT2D eigenvalue weighted by atomic mass is 9.83. The summed E-state index contributed by atoms with van der Waals surface area (Å²) in [4.78, 5) is 73.3. The number of fused-ring (bicyclic) bond motifs is 2. The topological polar surface area (TPSA) is 165 Å². The van der Waals surface area contributed by atoms with E-state index in [-0.39, 0.29) is 60.9 Å². The second kappa shape index (κ2) is 17.6. The molecule has 0 radical (unpaired) electrons. The number of aromatic amines is 2. The number of nitrogens with zero attached hydrogens (tertiary/aromatic N) is 4. The van der Waals surface area contributed by atoms with Crippen molar-refractivity contribution in [3.05, 3.63) is 71.4 Å². The van der Waals surface area contributed by atoms with Crippen LogP contribution in [0.2, 0.25) is 0 Å². The summed E-state index contributed by atoms with van der Waals surface area (Å²) in [6.45, 7) is 8.62. The Labute approximate surface area is 381 Å². The first-order valence-corrected chi connectivity index (χ1v) is 23.7. The van der Waals surface area contributed by atoms with Crippen molar-refractivity contribution in [2.24, 2.45) is 17.3 Å². The maximum absolute atomic E-state index is 15.1. The van der Waals surface area contributed by atoms with Gasteiger partial charge in [-0.05, 0) is 82.9 Å². The molecule has 65 heavy (non-hydrogen) atoms. The van der Waals surface area contributed by atoms with Gasteiger partial charge in [0, 0.05) is 29.5 Å². The Morgan fingerprint density at radius 3 is 1.92 bits per heavy atom. The molecule has 4 aliphatic rings. The minimum atomic E-state index is -1.23. The van der Waals surface area contributed by atoms with Crippen molar-refractivity contribution in [3.8, 4) is 32.1 Å². The molecule has 2 aliphatic carbocycles. The molecule has 2 aliphatic heterocycles. The molecule has 13 nitrogen and oxygen atoms in total. The number of thiophene rings is 1. The Kier molecular flexibility index (Phi) is 12.1. The Balaban J connectivity index is 0.985. The first kappa shape index (κ1) is 44.6. The van der Waals surface area contributed by atoms with Crippen LogP contribution in [-0.2, 0) is 32.0 Å². The van der Waals surface area contributed by atoms with Crippen molar-refractivity contribution in [1.82, 2.24) is 40.4 Å². The highest BCUT2D eigenvalue weighted by Crippen LogP contribution is 2.56. The van der Waals surface area contributed by atoms with Gasteiger partial charge in [-0.15, -0.1) is 11.3 Å². The van der Waals surface area contributed by atoms with Crippen LogP contribution in [0.25, 0.3) is 43.2 Å². The minimum Gasteiger partial charge on any atom is -0.453 e. The molecule has 6 atom stereocenters. The van der Waals surface area contributed by atoms with E-state index in [1.165, 1.54) is 70.4 Å². The summed E-state index contributed by atoms with van der Waals surface area (Å²) in [7, 11) is 1.24. The number of carbonyl (C=O) groups excluding carboxylic acids is 4. The molecular weight excluding hydrogens is 851 g/mol. The van der Waals surface area contributed by atoms with Gasteiger partial charge in [0.2, 0.25) is 17.7 Å². The zero-order valence-corrected chi connectivity index (χ0v) is 38.6. The first-order valence-electron chi connectivity index (χ1n) is 22.9. The summed E-state index contributed by atoms with van der Waals surface area (Å²) in [6, 6.07) is 11.9. The highest BCUT2D eigenvalue weighted by molar-refractivity contribution is 7.19. The Morgan fingerprint density at radius 2 is 1.34 bits per heavy atom.